The summed E-state index contributed by atoms with van der Waals surface area (Å²) in [5, 5.41) is 13.7. The molecule has 0 saturated carbocycles. The van der Waals surface area contributed by atoms with Crippen molar-refractivity contribution in [1.29, 1.82) is 0 Å². The van der Waals surface area contributed by atoms with Gasteiger partial charge in [-0.2, -0.15) is 0 Å². The topological polar surface area (TPSA) is 48.4 Å². The van der Waals surface area contributed by atoms with E-state index in [2.05, 4.69) is 15.2 Å². The van der Waals surface area contributed by atoms with Gasteiger partial charge in [-0.3, -0.25) is 0 Å². The van der Waals surface area contributed by atoms with Gasteiger partial charge in [-0.1, -0.05) is 36.4 Å². The summed E-state index contributed by atoms with van der Waals surface area (Å²) in [7, 11) is 0. The number of nitrogens with one attached hydrogen (secondary N) is 1. The van der Waals surface area contributed by atoms with Crippen molar-refractivity contribution in [3.63, 3.8) is 0 Å². The Bertz CT molecular complexity index is 561. The van der Waals surface area contributed by atoms with E-state index in [0.717, 1.165) is 31.0 Å². The Morgan fingerprint density at radius 3 is 2.77 bits per heavy atom. The Labute approximate surface area is 131 Å². The van der Waals surface area contributed by atoms with E-state index in [1.54, 1.807) is 6.20 Å². The molecular formula is C18H23N3O. The van der Waals surface area contributed by atoms with E-state index in [-0.39, 0.29) is 0 Å². The third kappa shape index (κ3) is 4.06. The third-order valence-corrected chi connectivity index (χ3v) is 4.22. The number of anilines is 1. The van der Waals surface area contributed by atoms with Crippen molar-refractivity contribution >= 4 is 5.82 Å². The van der Waals surface area contributed by atoms with Gasteiger partial charge in [0.25, 0.3) is 0 Å². The quantitative estimate of drug-likeness (QED) is 0.860. The van der Waals surface area contributed by atoms with Gasteiger partial charge in [-0.15, -0.1) is 0 Å². The van der Waals surface area contributed by atoms with Crippen molar-refractivity contribution in [2.45, 2.75) is 12.5 Å². The number of β-amino-alcohol motifs (C(OH)–C–C–N with tert-alkyl or cyclic N) is 1. The van der Waals surface area contributed by atoms with E-state index in [0.29, 0.717) is 12.5 Å². The zero-order valence-electron chi connectivity index (χ0n) is 12.7. The van der Waals surface area contributed by atoms with Gasteiger partial charge in [-0.05, 0) is 36.6 Å². The van der Waals surface area contributed by atoms with Crippen LogP contribution in [0.1, 0.15) is 18.1 Å². The van der Waals surface area contributed by atoms with Crippen molar-refractivity contribution < 1.29 is 5.11 Å². The summed E-state index contributed by atoms with van der Waals surface area (Å²) in [5.74, 6) is 1.55. The number of aliphatic hydroxyl groups excluding tert-OH is 1. The van der Waals surface area contributed by atoms with Gasteiger partial charge >= 0.3 is 0 Å². The van der Waals surface area contributed by atoms with Gasteiger partial charge in [0, 0.05) is 25.8 Å². The minimum Gasteiger partial charge on any atom is -0.387 e. The number of hydrogen-bond donors (Lipinski definition) is 2. The summed E-state index contributed by atoms with van der Waals surface area (Å²) in [4.78, 5) is 6.63. The molecule has 1 saturated heterocycles. The highest BCUT2D eigenvalue weighted by molar-refractivity contribution is 5.33. The molecule has 0 unspecified atom stereocenters. The molecule has 0 amide bonds. The van der Waals surface area contributed by atoms with Crippen LogP contribution in [0.4, 0.5) is 5.82 Å². The van der Waals surface area contributed by atoms with Crippen molar-refractivity contribution in [3.05, 3.63) is 60.3 Å². The van der Waals surface area contributed by atoms with Crippen LogP contribution in [0.2, 0.25) is 0 Å². The van der Waals surface area contributed by atoms with Crippen LogP contribution < -0.4 is 5.32 Å². The van der Waals surface area contributed by atoms with Crippen LogP contribution in [0.3, 0.4) is 0 Å². The second-order valence-corrected chi connectivity index (χ2v) is 5.94. The summed E-state index contributed by atoms with van der Waals surface area (Å²) in [6.07, 6.45) is 2.57. The largest absolute Gasteiger partial charge is 0.387 e. The lowest BCUT2D eigenvalue weighted by molar-refractivity contribution is 0.124. The summed E-state index contributed by atoms with van der Waals surface area (Å²) < 4.78 is 0. The summed E-state index contributed by atoms with van der Waals surface area (Å²) in [6.45, 7) is 3.74. The Morgan fingerprint density at radius 2 is 2.00 bits per heavy atom. The van der Waals surface area contributed by atoms with Crippen molar-refractivity contribution in [3.8, 4) is 0 Å². The van der Waals surface area contributed by atoms with Crippen molar-refractivity contribution in [2.24, 2.45) is 5.92 Å². The van der Waals surface area contributed by atoms with Gasteiger partial charge in [0.15, 0.2) is 0 Å². The number of hydrogen-bond acceptors (Lipinski definition) is 4. The first-order valence-electron chi connectivity index (χ1n) is 7.91. The number of aliphatic hydroxyl groups is 1. The molecule has 116 valence electrons. The normalized spacial score (nSPS) is 20.0. The molecule has 2 heterocycles. The Hall–Kier alpha value is -1.91. The van der Waals surface area contributed by atoms with Crippen LogP contribution in [-0.2, 0) is 0 Å². The molecule has 0 bridgehead atoms. The molecule has 0 spiro atoms. The number of rotatable bonds is 6. The second-order valence-electron chi connectivity index (χ2n) is 5.94. The molecule has 2 aromatic rings. The lowest BCUT2D eigenvalue weighted by atomic mass is 10.1. The summed E-state index contributed by atoms with van der Waals surface area (Å²) in [5.41, 5.74) is 0.998. The molecule has 2 atom stereocenters. The maximum Gasteiger partial charge on any atom is 0.125 e. The predicted octanol–water partition coefficient (Wildman–Crippen LogP) is 2.55. The molecule has 1 aromatic carbocycles. The minimum atomic E-state index is -0.399. The van der Waals surface area contributed by atoms with E-state index in [4.69, 9.17) is 0 Å². The first kappa shape index (κ1) is 15.0. The van der Waals surface area contributed by atoms with E-state index in [1.807, 2.05) is 48.5 Å². The summed E-state index contributed by atoms with van der Waals surface area (Å²) >= 11 is 0. The average molecular weight is 297 g/mol. The molecule has 4 heteroatoms. The highest BCUT2D eigenvalue weighted by atomic mass is 16.3. The SMILES string of the molecule is O[C@@H](CN1CC[C@H](CNc2ccccn2)C1)c1ccccc1. The molecule has 3 rings (SSSR count). The monoisotopic (exact) mass is 297 g/mol. The molecular weight excluding hydrogens is 274 g/mol. The van der Waals surface area contributed by atoms with Crippen molar-refractivity contribution in [1.82, 2.24) is 9.88 Å². The summed E-state index contributed by atoms with van der Waals surface area (Å²) in [6, 6.07) is 15.8. The van der Waals surface area contributed by atoms with E-state index in [9.17, 15) is 5.11 Å². The molecule has 22 heavy (non-hydrogen) atoms. The second kappa shape index (κ2) is 7.38. The lowest BCUT2D eigenvalue weighted by Crippen LogP contribution is -2.27. The zero-order valence-corrected chi connectivity index (χ0v) is 12.7. The highest BCUT2D eigenvalue weighted by Crippen LogP contribution is 2.21. The predicted molar refractivity (Wildman–Crippen MR) is 88.7 cm³/mol. The van der Waals surface area contributed by atoms with Crippen LogP contribution in [0.5, 0.6) is 0 Å². The fourth-order valence-electron chi connectivity index (χ4n) is 2.99. The number of likely N-dealkylation sites (tertiary alicyclic amines) is 1. The van der Waals surface area contributed by atoms with E-state index >= 15 is 0 Å². The van der Waals surface area contributed by atoms with Gasteiger partial charge in [0.2, 0.25) is 0 Å². The molecule has 2 N–H and O–H groups in total. The van der Waals surface area contributed by atoms with Crippen LogP contribution >= 0.6 is 0 Å². The third-order valence-electron chi connectivity index (χ3n) is 4.22. The zero-order chi connectivity index (χ0) is 15.2. The van der Waals surface area contributed by atoms with Gasteiger partial charge in [0.05, 0.1) is 6.10 Å². The van der Waals surface area contributed by atoms with Crippen LogP contribution in [0, 0.1) is 5.92 Å². The molecule has 0 radical (unpaired) electrons. The minimum absolute atomic E-state index is 0.399. The first-order valence-corrected chi connectivity index (χ1v) is 7.91. The Morgan fingerprint density at radius 1 is 1.18 bits per heavy atom. The molecule has 1 aliphatic heterocycles. The fraction of sp³-hybridized carbons (Fsp3) is 0.389. The molecule has 1 fully saturated rings. The van der Waals surface area contributed by atoms with Crippen LogP contribution in [-0.4, -0.2) is 41.2 Å². The van der Waals surface area contributed by atoms with Gasteiger partial charge < -0.3 is 15.3 Å². The van der Waals surface area contributed by atoms with Gasteiger partial charge in [0.1, 0.15) is 5.82 Å². The first-order chi connectivity index (χ1) is 10.8. The molecule has 0 aliphatic carbocycles. The fourth-order valence-corrected chi connectivity index (χ4v) is 2.99. The molecule has 4 nitrogen and oxygen atoms in total. The maximum atomic E-state index is 10.3. The molecule has 1 aliphatic rings. The standard InChI is InChI=1S/C18H23N3O/c22-17(16-6-2-1-3-7-16)14-21-11-9-15(13-21)12-20-18-8-4-5-10-19-18/h1-8,10,15,17,22H,9,11-14H2,(H,19,20)/t15-,17+/m1/s1. The smallest absolute Gasteiger partial charge is 0.125 e. The lowest BCUT2D eigenvalue weighted by Gasteiger charge is -2.20. The van der Waals surface area contributed by atoms with Crippen LogP contribution in [0.15, 0.2) is 54.7 Å². The Balaban J connectivity index is 1.44. The van der Waals surface area contributed by atoms with Crippen LogP contribution in [0.25, 0.3) is 0 Å². The number of aromatic nitrogens is 1. The Kier molecular flexibility index (Phi) is 5.03. The number of nitrogens with zero attached hydrogens (tertiary/aromatic N) is 2. The van der Waals surface area contributed by atoms with Crippen molar-refractivity contribution in [2.75, 3.05) is 31.5 Å². The van der Waals surface area contributed by atoms with E-state index in [1.165, 1.54) is 6.42 Å². The number of benzene rings is 1. The van der Waals surface area contributed by atoms with Gasteiger partial charge in [-0.25, -0.2) is 4.98 Å². The van der Waals surface area contributed by atoms with E-state index < -0.39 is 6.10 Å². The number of pyridine rings is 1. The molecule has 1 aromatic heterocycles. The highest BCUT2D eigenvalue weighted by Gasteiger charge is 2.24. The average Bonchev–Trinajstić information content (AvgIpc) is 3.02. The maximum absolute atomic E-state index is 10.3.